The van der Waals surface area contributed by atoms with Crippen molar-refractivity contribution in [2.45, 2.75) is 44.3 Å². The topological polar surface area (TPSA) is 75.7 Å². The number of carbonyl (C=O) groups is 2. The highest BCUT2D eigenvalue weighted by Crippen LogP contribution is 2.36. The number of hydrogen-bond donors (Lipinski definition) is 0. The molecule has 156 valence electrons. The van der Waals surface area contributed by atoms with Crippen molar-refractivity contribution >= 4 is 23.1 Å². The van der Waals surface area contributed by atoms with Gasteiger partial charge in [-0.25, -0.2) is 0 Å². The van der Waals surface area contributed by atoms with Crippen LogP contribution in [0, 0.1) is 24.7 Å². The van der Waals surface area contributed by atoms with Crippen LogP contribution in [0.25, 0.3) is 11.1 Å². The van der Waals surface area contributed by atoms with Gasteiger partial charge in [0, 0.05) is 19.4 Å². The molecule has 1 saturated heterocycles. The second-order valence-corrected chi connectivity index (χ2v) is 8.96. The summed E-state index contributed by atoms with van der Waals surface area (Å²) in [5.41, 5.74) is 4.93. The molecular formula is C24H24O5S. The van der Waals surface area contributed by atoms with E-state index in [9.17, 15) is 14.1 Å². The molecule has 0 radical (unpaired) electrons. The van der Waals surface area contributed by atoms with Crippen LogP contribution in [0.2, 0.25) is 0 Å². The third kappa shape index (κ3) is 4.38. The van der Waals surface area contributed by atoms with Gasteiger partial charge < -0.3 is 14.0 Å². The lowest BCUT2D eigenvalue weighted by molar-refractivity contribution is -0.240. The van der Waals surface area contributed by atoms with Crippen LogP contribution >= 0.6 is 0 Å². The standard InChI is InChI=1S/C17H18O5S.C7H6/c1-5-8-12(11-9-6-7-10-13(11)23(4)20)14-15(18)21-17(2,3)22-16(14)19;1-5-4-6-2-3-7(5)6/h6-7,9-10,12,14H,1-4H3;2-4H,1H3. The highest BCUT2D eigenvalue weighted by molar-refractivity contribution is 7.90. The maximum absolute atomic E-state index is 12.3. The highest BCUT2D eigenvalue weighted by Gasteiger charge is 2.48. The molecule has 2 aliphatic carbocycles. The van der Waals surface area contributed by atoms with Gasteiger partial charge in [0.15, 0.2) is 10.8 Å². The summed E-state index contributed by atoms with van der Waals surface area (Å²) in [5.74, 6) is 0.973. The van der Waals surface area contributed by atoms with E-state index in [4.69, 9.17) is 9.47 Å². The Hall–Kier alpha value is -2.75. The molecule has 4 rings (SSSR count). The maximum Gasteiger partial charge on any atom is 0.325 e. The third-order valence-corrected chi connectivity index (χ3v) is 5.93. The molecule has 0 amide bonds. The molecule has 5 nitrogen and oxygen atoms in total. The van der Waals surface area contributed by atoms with E-state index in [2.05, 4.69) is 37.0 Å². The predicted molar refractivity (Wildman–Crippen MR) is 115 cm³/mol. The molecule has 30 heavy (non-hydrogen) atoms. The van der Waals surface area contributed by atoms with E-state index >= 15 is 0 Å². The summed E-state index contributed by atoms with van der Waals surface area (Å²) in [5, 5.41) is 0. The number of hydrogen-bond acceptors (Lipinski definition) is 5. The maximum atomic E-state index is 12.3. The van der Waals surface area contributed by atoms with Crippen LogP contribution in [0.15, 0.2) is 47.4 Å². The van der Waals surface area contributed by atoms with Crippen molar-refractivity contribution < 1.29 is 23.6 Å². The second kappa shape index (κ2) is 8.55. The molecule has 1 fully saturated rings. The molecule has 1 aromatic rings. The Morgan fingerprint density at radius 2 is 1.73 bits per heavy atom. The first-order chi connectivity index (χ1) is 14.1. The molecule has 2 unspecified atom stereocenters. The average Bonchev–Trinajstić information content (AvgIpc) is 2.64. The van der Waals surface area contributed by atoms with Crippen molar-refractivity contribution in [1.29, 1.82) is 0 Å². The second-order valence-electron chi connectivity index (χ2n) is 7.61. The van der Waals surface area contributed by atoms with Gasteiger partial charge in [-0.1, -0.05) is 42.3 Å². The Bertz CT molecular complexity index is 1030. The molecular weight excluding hydrogens is 400 g/mol. The third-order valence-electron chi connectivity index (χ3n) is 4.93. The molecule has 3 aliphatic rings. The minimum atomic E-state index is -1.29. The molecule has 0 spiro atoms. The van der Waals surface area contributed by atoms with Crippen molar-refractivity contribution in [2.24, 2.45) is 5.92 Å². The molecule has 2 atom stereocenters. The molecule has 0 saturated carbocycles. The van der Waals surface area contributed by atoms with Crippen LogP contribution in [-0.4, -0.2) is 28.5 Å². The van der Waals surface area contributed by atoms with E-state index < -0.39 is 40.7 Å². The summed E-state index contributed by atoms with van der Waals surface area (Å²) >= 11 is -1.28. The van der Waals surface area contributed by atoms with E-state index in [0.717, 1.165) is 0 Å². The van der Waals surface area contributed by atoms with Gasteiger partial charge in [0.2, 0.25) is 0 Å². The van der Waals surface area contributed by atoms with Crippen LogP contribution in [0.1, 0.15) is 37.8 Å². The van der Waals surface area contributed by atoms with Crippen molar-refractivity contribution in [3.63, 3.8) is 0 Å². The molecule has 1 heterocycles. The van der Waals surface area contributed by atoms with Gasteiger partial charge in [-0.2, -0.15) is 0 Å². The largest absolute Gasteiger partial charge is 0.612 e. The predicted octanol–water partition coefficient (Wildman–Crippen LogP) is 3.96. The van der Waals surface area contributed by atoms with Crippen LogP contribution in [0.4, 0.5) is 0 Å². The Labute approximate surface area is 180 Å². The summed E-state index contributed by atoms with van der Waals surface area (Å²) in [6.45, 7) is 6.74. The summed E-state index contributed by atoms with van der Waals surface area (Å²) in [7, 11) is 0. The fraction of sp³-hybridized carbons (Fsp3) is 0.333. The summed E-state index contributed by atoms with van der Waals surface area (Å²) in [6, 6.07) is 13.4. The minimum absolute atomic E-state index is 0.533. The Morgan fingerprint density at radius 3 is 2.13 bits per heavy atom. The first kappa shape index (κ1) is 21.9. The zero-order valence-corrected chi connectivity index (χ0v) is 18.5. The number of cyclic esters (lactones) is 2. The lowest BCUT2D eigenvalue weighted by Crippen LogP contribution is -2.48. The molecule has 1 aliphatic heterocycles. The number of esters is 2. The van der Waals surface area contributed by atoms with E-state index in [1.165, 1.54) is 36.8 Å². The monoisotopic (exact) mass is 424 g/mol. The van der Waals surface area contributed by atoms with Crippen molar-refractivity contribution in [2.75, 3.05) is 6.26 Å². The lowest BCUT2D eigenvalue weighted by atomic mass is 9.85. The van der Waals surface area contributed by atoms with E-state index in [1.54, 1.807) is 31.2 Å². The lowest BCUT2D eigenvalue weighted by Gasteiger charge is -2.34. The SMILES string of the molecule is CC#CC(c1ccccc1[S+](C)[O-])C1C(=O)OC(C)(C)OC1=O.Cc1cc2ccc1-2. The van der Waals surface area contributed by atoms with E-state index in [-0.39, 0.29) is 0 Å². The fourth-order valence-corrected chi connectivity index (χ4v) is 4.27. The van der Waals surface area contributed by atoms with E-state index in [1.807, 2.05) is 0 Å². The van der Waals surface area contributed by atoms with E-state index in [0.29, 0.717) is 10.5 Å². The number of ether oxygens (including phenoxy) is 2. The normalized spacial score (nSPS) is 17.9. The van der Waals surface area contributed by atoms with Crippen molar-refractivity contribution in [1.82, 2.24) is 0 Å². The number of aryl methyl sites for hydroxylation is 1. The summed E-state index contributed by atoms with van der Waals surface area (Å²) < 4.78 is 22.3. The summed E-state index contributed by atoms with van der Waals surface area (Å²) in [4.78, 5) is 25.2. The number of rotatable bonds is 3. The zero-order valence-electron chi connectivity index (χ0n) is 17.6. The van der Waals surface area contributed by atoms with Gasteiger partial charge in [0.1, 0.15) is 6.26 Å². The molecule has 6 heteroatoms. The Balaban J connectivity index is 0.000000302. The fourth-order valence-electron chi connectivity index (χ4n) is 3.48. The first-order valence-corrected chi connectivity index (χ1v) is 11.1. The molecule has 0 aromatic heterocycles. The van der Waals surface area contributed by atoms with Gasteiger partial charge >= 0.3 is 11.9 Å². The Kier molecular flexibility index (Phi) is 6.25. The van der Waals surface area contributed by atoms with Crippen molar-refractivity contribution in [3.8, 4) is 23.0 Å². The van der Waals surface area contributed by atoms with Crippen LogP contribution in [0.5, 0.6) is 0 Å². The van der Waals surface area contributed by atoms with Gasteiger partial charge in [-0.15, -0.1) is 5.92 Å². The van der Waals surface area contributed by atoms with Crippen LogP contribution in [-0.2, 0) is 30.2 Å². The summed E-state index contributed by atoms with van der Waals surface area (Å²) in [6.07, 6.45) is 1.54. The highest BCUT2D eigenvalue weighted by atomic mass is 32.2. The minimum Gasteiger partial charge on any atom is -0.612 e. The zero-order chi connectivity index (χ0) is 22.1. The average molecular weight is 425 g/mol. The molecule has 1 aromatic carbocycles. The smallest absolute Gasteiger partial charge is 0.325 e. The number of benzene rings is 2. The Morgan fingerprint density at radius 1 is 1.10 bits per heavy atom. The molecule has 0 bridgehead atoms. The van der Waals surface area contributed by atoms with Crippen LogP contribution < -0.4 is 0 Å². The van der Waals surface area contributed by atoms with Gasteiger partial charge in [0.05, 0.1) is 5.92 Å². The first-order valence-electron chi connectivity index (χ1n) is 9.56. The van der Waals surface area contributed by atoms with Gasteiger partial charge in [-0.3, -0.25) is 9.59 Å². The number of carbonyl (C=O) groups excluding carboxylic acids is 2. The van der Waals surface area contributed by atoms with Crippen molar-refractivity contribution in [3.05, 3.63) is 53.6 Å². The van der Waals surface area contributed by atoms with Gasteiger partial charge in [0.25, 0.3) is 5.79 Å². The quantitative estimate of drug-likeness (QED) is 0.275. The van der Waals surface area contributed by atoms with Crippen LogP contribution in [0.3, 0.4) is 0 Å². The van der Waals surface area contributed by atoms with Gasteiger partial charge in [-0.05, 0) is 47.8 Å². The molecule has 0 N–H and O–H groups in total. The number of fused-ring (bicyclic) bond motifs is 1.